The molecule has 4 nitrogen and oxygen atoms in total. The molecule has 0 fully saturated rings. The fourth-order valence-corrected chi connectivity index (χ4v) is 1.77. The van der Waals surface area contributed by atoms with Gasteiger partial charge in [0.2, 0.25) is 5.89 Å². The van der Waals surface area contributed by atoms with Crippen LogP contribution >= 0.6 is 11.6 Å². The molecule has 0 aliphatic rings. The third-order valence-electron chi connectivity index (χ3n) is 2.52. The third-order valence-corrected chi connectivity index (χ3v) is 2.71. The minimum atomic E-state index is 0.284. The summed E-state index contributed by atoms with van der Waals surface area (Å²) in [6, 6.07) is 7.93. The lowest BCUT2D eigenvalue weighted by Crippen LogP contribution is -1.98. The highest BCUT2D eigenvalue weighted by atomic mass is 35.5. The molecule has 0 N–H and O–H groups in total. The average molecular weight is 267 g/mol. The Bertz CT molecular complexity index is 499. The third kappa shape index (κ3) is 3.23. The molecule has 0 spiro atoms. The van der Waals surface area contributed by atoms with Crippen molar-refractivity contribution in [1.29, 1.82) is 0 Å². The molecular weight excluding hydrogens is 252 g/mol. The number of aryl methyl sites for hydroxylation is 2. The zero-order chi connectivity index (χ0) is 12.8. The Hall–Kier alpha value is -1.55. The van der Waals surface area contributed by atoms with Gasteiger partial charge in [-0.05, 0) is 18.1 Å². The van der Waals surface area contributed by atoms with Crippen LogP contribution in [0.1, 0.15) is 24.3 Å². The number of hydrogen-bond donors (Lipinski definition) is 0. The van der Waals surface area contributed by atoms with E-state index in [1.54, 1.807) is 0 Å². The largest absolute Gasteiger partial charge is 0.484 e. The second-order valence-electron chi connectivity index (χ2n) is 3.78. The first-order chi connectivity index (χ1) is 8.83. The van der Waals surface area contributed by atoms with Gasteiger partial charge in [0.05, 0.1) is 0 Å². The van der Waals surface area contributed by atoms with Crippen LogP contribution in [0, 0.1) is 0 Å². The SMILES string of the molecule is CCc1ccccc1OCc1nnc(CCCl)o1. The maximum atomic E-state index is 5.68. The molecule has 2 aromatic rings. The molecule has 1 aromatic carbocycles. The first kappa shape index (κ1) is 12.9. The molecule has 1 aromatic heterocycles. The summed E-state index contributed by atoms with van der Waals surface area (Å²) in [7, 11) is 0. The summed E-state index contributed by atoms with van der Waals surface area (Å²) < 4.78 is 11.1. The van der Waals surface area contributed by atoms with Gasteiger partial charge in [0.25, 0.3) is 5.89 Å². The Balaban J connectivity index is 1.97. The maximum absolute atomic E-state index is 5.68. The van der Waals surface area contributed by atoms with Gasteiger partial charge in [-0.3, -0.25) is 0 Å². The van der Waals surface area contributed by atoms with Gasteiger partial charge < -0.3 is 9.15 Å². The van der Waals surface area contributed by atoms with Crippen LogP contribution in [0.2, 0.25) is 0 Å². The van der Waals surface area contributed by atoms with E-state index in [1.807, 2.05) is 24.3 Å². The number of ether oxygens (including phenoxy) is 1. The zero-order valence-electron chi connectivity index (χ0n) is 10.2. The number of benzene rings is 1. The summed E-state index contributed by atoms with van der Waals surface area (Å²) in [4.78, 5) is 0. The number of nitrogens with zero attached hydrogens (tertiary/aromatic N) is 2. The number of aromatic nitrogens is 2. The number of para-hydroxylation sites is 1. The van der Waals surface area contributed by atoms with Gasteiger partial charge in [-0.25, -0.2) is 0 Å². The van der Waals surface area contributed by atoms with Crippen molar-refractivity contribution in [3.8, 4) is 5.75 Å². The van der Waals surface area contributed by atoms with Crippen molar-refractivity contribution in [2.24, 2.45) is 0 Å². The molecule has 96 valence electrons. The second kappa shape index (κ2) is 6.40. The van der Waals surface area contributed by atoms with Crippen molar-refractivity contribution < 1.29 is 9.15 Å². The molecule has 2 rings (SSSR count). The molecule has 0 saturated heterocycles. The molecule has 18 heavy (non-hydrogen) atoms. The first-order valence-electron chi connectivity index (χ1n) is 5.91. The van der Waals surface area contributed by atoms with Crippen molar-refractivity contribution in [3.63, 3.8) is 0 Å². The Morgan fingerprint density at radius 1 is 1.22 bits per heavy atom. The van der Waals surface area contributed by atoms with E-state index < -0.39 is 0 Å². The summed E-state index contributed by atoms with van der Waals surface area (Å²) >= 11 is 5.60. The Morgan fingerprint density at radius 2 is 2.00 bits per heavy atom. The van der Waals surface area contributed by atoms with Gasteiger partial charge in [-0.15, -0.1) is 21.8 Å². The summed E-state index contributed by atoms with van der Waals surface area (Å²) in [5, 5.41) is 7.78. The number of rotatable bonds is 6. The van der Waals surface area contributed by atoms with Crippen LogP contribution in [-0.4, -0.2) is 16.1 Å². The van der Waals surface area contributed by atoms with E-state index in [-0.39, 0.29) is 6.61 Å². The highest BCUT2D eigenvalue weighted by Gasteiger charge is 2.07. The van der Waals surface area contributed by atoms with Gasteiger partial charge in [-0.1, -0.05) is 25.1 Å². The van der Waals surface area contributed by atoms with Crippen molar-refractivity contribution in [1.82, 2.24) is 10.2 Å². The van der Waals surface area contributed by atoms with E-state index in [4.69, 9.17) is 20.8 Å². The van der Waals surface area contributed by atoms with Gasteiger partial charge in [-0.2, -0.15) is 0 Å². The topological polar surface area (TPSA) is 48.2 Å². The minimum absolute atomic E-state index is 0.284. The predicted octanol–water partition coefficient (Wildman–Crippen LogP) is 2.99. The highest BCUT2D eigenvalue weighted by Crippen LogP contribution is 2.19. The van der Waals surface area contributed by atoms with Crippen molar-refractivity contribution in [2.75, 3.05) is 5.88 Å². The van der Waals surface area contributed by atoms with Crippen LogP contribution in [0.3, 0.4) is 0 Å². The van der Waals surface area contributed by atoms with Crippen LogP contribution in [-0.2, 0) is 19.4 Å². The van der Waals surface area contributed by atoms with Crippen LogP contribution in [0.5, 0.6) is 5.75 Å². The molecule has 0 amide bonds. The monoisotopic (exact) mass is 266 g/mol. The van der Waals surface area contributed by atoms with Crippen LogP contribution < -0.4 is 4.74 Å². The number of alkyl halides is 1. The molecular formula is C13H15ClN2O2. The maximum Gasteiger partial charge on any atom is 0.253 e. The Labute approximate surface area is 111 Å². The lowest BCUT2D eigenvalue weighted by Gasteiger charge is -2.07. The molecule has 0 radical (unpaired) electrons. The summed E-state index contributed by atoms with van der Waals surface area (Å²) in [6.45, 7) is 2.37. The van der Waals surface area contributed by atoms with E-state index in [1.165, 1.54) is 0 Å². The van der Waals surface area contributed by atoms with Crippen LogP contribution in [0.15, 0.2) is 28.7 Å². The fourth-order valence-electron chi connectivity index (χ4n) is 1.60. The predicted molar refractivity (Wildman–Crippen MR) is 68.9 cm³/mol. The van der Waals surface area contributed by atoms with E-state index in [0.29, 0.717) is 24.1 Å². The van der Waals surface area contributed by atoms with Crippen molar-refractivity contribution in [3.05, 3.63) is 41.6 Å². The van der Waals surface area contributed by atoms with Gasteiger partial charge >= 0.3 is 0 Å². The number of hydrogen-bond acceptors (Lipinski definition) is 4. The van der Waals surface area contributed by atoms with Gasteiger partial charge in [0.15, 0.2) is 6.61 Å². The average Bonchev–Trinajstić information content (AvgIpc) is 2.85. The van der Waals surface area contributed by atoms with E-state index in [2.05, 4.69) is 17.1 Å². The quantitative estimate of drug-likeness (QED) is 0.754. The van der Waals surface area contributed by atoms with Crippen molar-refractivity contribution in [2.45, 2.75) is 26.4 Å². The van der Waals surface area contributed by atoms with Gasteiger partial charge in [0.1, 0.15) is 5.75 Å². The Kier molecular flexibility index (Phi) is 4.59. The molecule has 5 heteroatoms. The molecule has 0 bridgehead atoms. The molecule has 0 unspecified atom stereocenters. The normalized spacial score (nSPS) is 10.6. The lowest BCUT2D eigenvalue weighted by atomic mass is 10.1. The molecule has 0 aliphatic heterocycles. The van der Waals surface area contributed by atoms with E-state index in [0.717, 1.165) is 17.7 Å². The van der Waals surface area contributed by atoms with Crippen LogP contribution in [0.4, 0.5) is 0 Å². The Morgan fingerprint density at radius 3 is 2.78 bits per heavy atom. The zero-order valence-corrected chi connectivity index (χ0v) is 11.0. The smallest absolute Gasteiger partial charge is 0.253 e. The summed E-state index contributed by atoms with van der Waals surface area (Å²) in [5.74, 6) is 2.35. The molecule has 0 aliphatic carbocycles. The first-order valence-corrected chi connectivity index (χ1v) is 6.45. The summed E-state index contributed by atoms with van der Waals surface area (Å²) in [5.41, 5.74) is 1.16. The van der Waals surface area contributed by atoms with Crippen molar-refractivity contribution >= 4 is 11.6 Å². The van der Waals surface area contributed by atoms with Gasteiger partial charge in [0, 0.05) is 12.3 Å². The standard InChI is InChI=1S/C13H15ClN2O2/c1-2-10-5-3-4-6-11(10)17-9-13-16-15-12(18-13)7-8-14/h3-6H,2,7-9H2,1H3. The minimum Gasteiger partial charge on any atom is -0.484 e. The molecule has 0 saturated carbocycles. The molecule has 1 heterocycles. The lowest BCUT2D eigenvalue weighted by molar-refractivity contribution is 0.257. The van der Waals surface area contributed by atoms with E-state index >= 15 is 0 Å². The highest BCUT2D eigenvalue weighted by molar-refractivity contribution is 6.17. The number of halogens is 1. The summed E-state index contributed by atoms with van der Waals surface area (Å²) in [6.07, 6.45) is 1.51. The second-order valence-corrected chi connectivity index (χ2v) is 4.16. The fraction of sp³-hybridized carbons (Fsp3) is 0.385. The van der Waals surface area contributed by atoms with Crippen LogP contribution in [0.25, 0.3) is 0 Å². The molecule has 0 atom stereocenters. The van der Waals surface area contributed by atoms with E-state index in [9.17, 15) is 0 Å².